The van der Waals surface area contributed by atoms with Gasteiger partial charge in [-0.15, -0.1) is 12.4 Å². The summed E-state index contributed by atoms with van der Waals surface area (Å²) in [6.07, 6.45) is 4.38. The van der Waals surface area contributed by atoms with Crippen LogP contribution in [0.15, 0.2) is 12.4 Å². The second kappa shape index (κ2) is 7.28. The first kappa shape index (κ1) is 16.8. The van der Waals surface area contributed by atoms with Gasteiger partial charge in [0.15, 0.2) is 0 Å². The van der Waals surface area contributed by atoms with Crippen LogP contribution in [-0.4, -0.2) is 22.4 Å². The predicted octanol–water partition coefficient (Wildman–Crippen LogP) is 1.87. The van der Waals surface area contributed by atoms with Crippen molar-refractivity contribution in [1.82, 2.24) is 9.97 Å². The summed E-state index contributed by atoms with van der Waals surface area (Å²) in [6, 6.07) is 0. The maximum absolute atomic E-state index is 11.4. The third-order valence-corrected chi connectivity index (χ3v) is 2.21. The number of carbonyl (C=O) groups is 1. The zero-order chi connectivity index (χ0) is 12.9. The fraction of sp³-hybridized carbons (Fsp3) is 0.583. The van der Waals surface area contributed by atoms with E-state index in [1.807, 2.05) is 20.8 Å². The largest absolute Gasteiger partial charge is 0.330 e. The van der Waals surface area contributed by atoms with E-state index in [1.54, 1.807) is 12.4 Å². The molecule has 0 saturated carbocycles. The van der Waals surface area contributed by atoms with Gasteiger partial charge in [0, 0.05) is 11.8 Å². The molecule has 1 aromatic rings. The van der Waals surface area contributed by atoms with E-state index < -0.39 is 0 Å². The third-order valence-electron chi connectivity index (χ3n) is 2.21. The minimum absolute atomic E-state index is 0. The molecular formula is C12H21ClN4O. The number of aromatic nitrogens is 2. The van der Waals surface area contributed by atoms with Gasteiger partial charge in [0.25, 0.3) is 0 Å². The smallest absolute Gasteiger partial charge is 0.224 e. The average molecular weight is 273 g/mol. The lowest BCUT2D eigenvalue weighted by molar-refractivity contribution is -0.116. The van der Waals surface area contributed by atoms with Crippen molar-refractivity contribution >= 4 is 24.0 Å². The van der Waals surface area contributed by atoms with Gasteiger partial charge in [0.1, 0.15) is 5.82 Å². The lowest BCUT2D eigenvalue weighted by Gasteiger charge is -2.16. The Kier molecular flexibility index (Phi) is 6.80. The fourth-order valence-electron chi connectivity index (χ4n) is 1.27. The number of nitrogens with one attached hydrogen (secondary N) is 1. The van der Waals surface area contributed by atoms with Crippen molar-refractivity contribution in [2.24, 2.45) is 5.73 Å². The molecule has 0 spiro atoms. The molecule has 0 aliphatic heterocycles. The number of hydrogen-bond acceptors (Lipinski definition) is 4. The number of halogens is 1. The first-order valence-electron chi connectivity index (χ1n) is 5.76. The number of nitrogens with two attached hydrogens (primary N) is 1. The van der Waals surface area contributed by atoms with Crippen LogP contribution in [0.1, 0.15) is 39.4 Å². The highest BCUT2D eigenvalue weighted by atomic mass is 35.5. The fourth-order valence-corrected chi connectivity index (χ4v) is 1.27. The van der Waals surface area contributed by atoms with Crippen LogP contribution in [0.5, 0.6) is 0 Å². The van der Waals surface area contributed by atoms with Gasteiger partial charge in [-0.05, 0) is 13.0 Å². The molecule has 6 heteroatoms. The highest BCUT2D eigenvalue weighted by Gasteiger charge is 2.16. The minimum atomic E-state index is -0.0813. The van der Waals surface area contributed by atoms with Gasteiger partial charge in [0.2, 0.25) is 5.91 Å². The Morgan fingerprint density at radius 3 is 2.33 bits per heavy atom. The third kappa shape index (κ3) is 5.42. The molecule has 0 fully saturated rings. The first-order valence-corrected chi connectivity index (χ1v) is 5.76. The van der Waals surface area contributed by atoms with Gasteiger partial charge in [0.05, 0.1) is 18.1 Å². The Balaban J connectivity index is 0.00000289. The normalized spacial score (nSPS) is 10.7. The monoisotopic (exact) mass is 272 g/mol. The molecule has 0 radical (unpaired) electrons. The van der Waals surface area contributed by atoms with E-state index in [-0.39, 0.29) is 23.7 Å². The molecule has 102 valence electrons. The molecular weight excluding hydrogens is 252 g/mol. The zero-order valence-corrected chi connectivity index (χ0v) is 11.9. The molecule has 1 aromatic heterocycles. The van der Waals surface area contributed by atoms with Crippen LogP contribution >= 0.6 is 12.4 Å². The topological polar surface area (TPSA) is 80.9 Å². The van der Waals surface area contributed by atoms with Crippen LogP contribution in [0.2, 0.25) is 0 Å². The molecule has 0 atom stereocenters. The standard InChI is InChI=1S/C12H20N4O.ClH/c1-12(2,3)11-14-7-9(8-15-11)16-10(17)5-4-6-13;/h7-8H,4-6,13H2,1-3H3,(H,16,17);1H. The lowest BCUT2D eigenvalue weighted by atomic mass is 9.96. The molecule has 1 amide bonds. The van der Waals surface area contributed by atoms with Crippen LogP contribution in [0.4, 0.5) is 5.69 Å². The highest BCUT2D eigenvalue weighted by molar-refractivity contribution is 5.90. The van der Waals surface area contributed by atoms with Crippen molar-refractivity contribution < 1.29 is 4.79 Å². The first-order chi connectivity index (χ1) is 7.93. The van der Waals surface area contributed by atoms with Gasteiger partial charge in [-0.2, -0.15) is 0 Å². The lowest BCUT2D eigenvalue weighted by Crippen LogP contribution is -2.17. The second-order valence-electron chi connectivity index (χ2n) is 4.99. The summed E-state index contributed by atoms with van der Waals surface area (Å²) in [7, 11) is 0. The molecule has 3 N–H and O–H groups in total. The van der Waals surface area contributed by atoms with Gasteiger partial charge in [-0.25, -0.2) is 9.97 Å². The van der Waals surface area contributed by atoms with Gasteiger partial charge >= 0.3 is 0 Å². The summed E-state index contributed by atoms with van der Waals surface area (Å²) < 4.78 is 0. The van der Waals surface area contributed by atoms with Crippen molar-refractivity contribution in [2.45, 2.75) is 39.0 Å². The van der Waals surface area contributed by atoms with Crippen molar-refractivity contribution in [3.05, 3.63) is 18.2 Å². The number of anilines is 1. The summed E-state index contributed by atoms with van der Waals surface area (Å²) in [6.45, 7) is 6.65. The molecule has 0 aliphatic carbocycles. The molecule has 0 saturated heterocycles. The van der Waals surface area contributed by atoms with Crippen molar-refractivity contribution in [3.8, 4) is 0 Å². The number of rotatable bonds is 4. The number of amides is 1. The van der Waals surface area contributed by atoms with E-state index in [4.69, 9.17) is 5.73 Å². The molecule has 1 rings (SSSR count). The number of hydrogen-bond donors (Lipinski definition) is 2. The quantitative estimate of drug-likeness (QED) is 0.877. The van der Waals surface area contributed by atoms with E-state index in [0.29, 0.717) is 25.1 Å². The summed E-state index contributed by atoms with van der Waals surface area (Å²) in [4.78, 5) is 19.9. The molecule has 0 bridgehead atoms. The Bertz CT molecular complexity index is 373. The zero-order valence-electron chi connectivity index (χ0n) is 11.1. The Morgan fingerprint density at radius 1 is 1.33 bits per heavy atom. The second-order valence-corrected chi connectivity index (χ2v) is 4.99. The van der Waals surface area contributed by atoms with E-state index in [9.17, 15) is 4.79 Å². The van der Waals surface area contributed by atoms with Crippen molar-refractivity contribution in [1.29, 1.82) is 0 Å². The van der Waals surface area contributed by atoms with Crippen LogP contribution in [0.25, 0.3) is 0 Å². The molecule has 18 heavy (non-hydrogen) atoms. The van der Waals surface area contributed by atoms with Crippen LogP contribution in [0.3, 0.4) is 0 Å². The van der Waals surface area contributed by atoms with Crippen molar-refractivity contribution in [2.75, 3.05) is 11.9 Å². The Labute approximate surface area is 114 Å². The SMILES string of the molecule is CC(C)(C)c1ncc(NC(=O)CCCN)cn1.Cl. The predicted molar refractivity (Wildman–Crippen MR) is 74.9 cm³/mol. The van der Waals surface area contributed by atoms with Crippen LogP contribution in [-0.2, 0) is 10.2 Å². The van der Waals surface area contributed by atoms with Gasteiger partial charge in [-0.1, -0.05) is 20.8 Å². The van der Waals surface area contributed by atoms with E-state index in [1.165, 1.54) is 0 Å². The molecule has 0 aromatic carbocycles. The molecule has 5 nitrogen and oxygen atoms in total. The summed E-state index contributed by atoms with van der Waals surface area (Å²) in [5.41, 5.74) is 5.88. The van der Waals surface area contributed by atoms with E-state index in [0.717, 1.165) is 5.82 Å². The molecule has 1 heterocycles. The van der Waals surface area contributed by atoms with Crippen LogP contribution < -0.4 is 11.1 Å². The van der Waals surface area contributed by atoms with Gasteiger partial charge in [-0.3, -0.25) is 4.79 Å². The summed E-state index contributed by atoms with van der Waals surface area (Å²) in [5.74, 6) is 0.708. The maximum Gasteiger partial charge on any atom is 0.224 e. The van der Waals surface area contributed by atoms with E-state index in [2.05, 4.69) is 15.3 Å². The summed E-state index contributed by atoms with van der Waals surface area (Å²) >= 11 is 0. The Morgan fingerprint density at radius 2 is 1.89 bits per heavy atom. The van der Waals surface area contributed by atoms with Crippen LogP contribution in [0, 0.1) is 0 Å². The van der Waals surface area contributed by atoms with E-state index >= 15 is 0 Å². The minimum Gasteiger partial charge on any atom is -0.330 e. The number of carbonyl (C=O) groups excluding carboxylic acids is 1. The molecule has 0 aliphatic rings. The van der Waals surface area contributed by atoms with Gasteiger partial charge < -0.3 is 11.1 Å². The maximum atomic E-state index is 11.4. The average Bonchev–Trinajstić information content (AvgIpc) is 2.26. The number of nitrogens with zero attached hydrogens (tertiary/aromatic N) is 2. The van der Waals surface area contributed by atoms with Crippen molar-refractivity contribution in [3.63, 3.8) is 0 Å². The highest BCUT2D eigenvalue weighted by Crippen LogP contribution is 2.18. The molecule has 0 unspecified atom stereocenters. The summed E-state index contributed by atoms with van der Waals surface area (Å²) in [5, 5.41) is 2.74. The Hall–Kier alpha value is -1.20.